The van der Waals surface area contributed by atoms with Crippen molar-refractivity contribution in [3.63, 3.8) is 0 Å². The molecule has 1 saturated carbocycles. The number of aromatic amines is 1. The Morgan fingerprint density at radius 2 is 2.00 bits per heavy atom. The summed E-state index contributed by atoms with van der Waals surface area (Å²) in [5.41, 5.74) is 2.52. The van der Waals surface area contributed by atoms with Crippen LogP contribution < -0.4 is 0 Å². The molecule has 2 fully saturated rings. The van der Waals surface area contributed by atoms with E-state index in [1.807, 2.05) is 0 Å². The van der Waals surface area contributed by atoms with E-state index in [2.05, 4.69) is 20.8 Å². The number of nitriles is 1. The normalized spacial score (nSPS) is 21.6. The molecular formula is C30H24Cl2F4N4O3. The standard InChI is InChI=1S/C30H24Cl2F4N4O3/c1-13-17-12-21(28-18-10-15(40(28)29(41)42-2)11-22(18)43-30(34,35)36)39-26(17)19-9-14(5-4-8-37)23(25(33)27(19)38-13)16-6-3-7-20(31)24(16)32/h3,6-7,9,12,15,18,22,28,39H,4-5,10-11H2,1-2H3. The van der Waals surface area contributed by atoms with Crippen LogP contribution in [0.25, 0.3) is 32.9 Å². The minimum absolute atomic E-state index is 0.0296. The lowest BCUT2D eigenvalue weighted by Crippen LogP contribution is -2.45. The van der Waals surface area contributed by atoms with Gasteiger partial charge in [-0.1, -0.05) is 35.3 Å². The molecule has 1 N–H and O–H groups in total. The summed E-state index contributed by atoms with van der Waals surface area (Å²) in [6.45, 7) is 1.70. The molecule has 1 amide bonds. The van der Waals surface area contributed by atoms with Gasteiger partial charge < -0.3 is 9.72 Å². The van der Waals surface area contributed by atoms with Gasteiger partial charge in [0.2, 0.25) is 0 Å². The quantitative estimate of drug-likeness (QED) is 0.223. The second kappa shape index (κ2) is 10.8. The summed E-state index contributed by atoms with van der Waals surface area (Å²) < 4.78 is 65.6. The van der Waals surface area contributed by atoms with Crippen LogP contribution in [0.2, 0.25) is 10.0 Å². The second-order valence-corrected chi connectivity index (χ2v) is 11.6. The smallest absolute Gasteiger partial charge is 0.453 e. The number of rotatable bonds is 5. The van der Waals surface area contributed by atoms with Crippen LogP contribution in [0.15, 0.2) is 30.3 Å². The number of aryl methyl sites for hydroxylation is 2. The van der Waals surface area contributed by atoms with E-state index in [1.54, 1.807) is 37.3 Å². The van der Waals surface area contributed by atoms with Crippen LogP contribution in [0.4, 0.5) is 22.4 Å². The fourth-order valence-corrected chi connectivity index (χ4v) is 7.18. The number of likely N-dealkylation sites (tertiary alicyclic amines) is 1. The number of pyridine rings is 1. The van der Waals surface area contributed by atoms with Gasteiger partial charge in [0.25, 0.3) is 0 Å². The molecule has 7 nitrogen and oxygen atoms in total. The Balaban J connectivity index is 1.55. The van der Waals surface area contributed by atoms with Gasteiger partial charge in [0.05, 0.1) is 40.9 Å². The van der Waals surface area contributed by atoms with Gasteiger partial charge in [-0.15, -0.1) is 13.2 Å². The van der Waals surface area contributed by atoms with Crippen molar-refractivity contribution in [3.8, 4) is 17.2 Å². The van der Waals surface area contributed by atoms with E-state index in [1.165, 1.54) is 12.0 Å². The van der Waals surface area contributed by atoms with Crippen LogP contribution in [-0.4, -0.2) is 46.6 Å². The van der Waals surface area contributed by atoms with E-state index < -0.39 is 42.4 Å². The largest absolute Gasteiger partial charge is 0.522 e. The van der Waals surface area contributed by atoms with Gasteiger partial charge in [-0.05, 0) is 49.9 Å². The molecule has 2 bridgehead atoms. The summed E-state index contributed by atoms with van der Waals surface area (Å²) in [5, 5.41) is 10.7. The maximum absolute atomic E-state index is 16.5. The number of aromatic nitrogens is 2. The maximum Gasteiger partial charge on any atom is 0.522 e. The van der Waals surface area contributed by atoms with E-state index in [-0.39, 0.29) is 40.4 Å². The lowest BCUT2D eigenvalue weighted by atomic mass is 9.93. The van der Waals surface area contributed by atoms with Gasteiger partial charge in [-0.3, -0.25) is 9.64 Å². The number of halogens is 6. The number of H-pyrrole nitrogens is 1. The topological polar surface area (TPSA) is 91.2 Å². The number of carbonyl (C=O) groups excluding carboxylic acids is 1. The third-order valence-corrected chi connectivity index (χ3v) is 9.26. The Kier molecular flexibility index (Phi) is 7.43. The highest BCUT2D eigenvalue weighted by molar-refractivity contribution is 6.43. The van der Waals surface area contributed by atoms with Crippen LogP contribution >= 0.6 is 23.2 Å². The molecule has 3 heterocycles. The van der Waals surface area contributed by atoms with E-state index >= 15 is 4.39 Å². The van der Waals surface area contributed by atoms with Crippen LogP contribution in [0.1, 0.15) is 42.3 Å². The second-order valence-electron chi connectivity index (χ2n) is 10.8. The Morgan fingerprint density at radius 1 is 1.23 bits per heavy atom. The molecule has 1 saturated heterocycles. The molecule has 4 aromatic rings. The number of amides is 1. The lowest BCUT2D eigenvalue weighted by molar-refractivity contribution is -0.349. The van der Waals surface area contributed by atoms with Gasteiger partial charge in [-0.2, -0.15) is 5.26 Å². The first kappa shape index (κ1) is 29.5. The van der Waals surface area contributed by atoms with Crippen molar-refractivity contribution < 1.29 is 31.8 Å². The molecule has 2 aromatic carbocycles. The van der Waals surface area contributed by atoms with Crippen LogP contribution in [0.3, 0.4) is 0 Å². The first-order valence-electron chi connectivity index (χ1n) is 13.5. The van der Waals surface area contributed by atoms with Crippen LogP contribution in [0, 0.1) is 30.0 Å². The molecule has 1 aliphatic carbocycles. The highest BCUT2D eigenvalue weighted by Gasteiger charge is 2.57. The number of piperidine rings is 1. The Bertz CT molecular complexity index is 1820. The number of hydrogen-bond acceptors (Lipinski definition) is 5. The van der Waals surface area contributed by atoms with Gasteiger partial charge in [0.1, 0.15) is 5.52 Å². The number of ether oxygens (including phenoxy) is 2. The van der Waals surface area contributed by atoms with E-state index in [0.717, 1.165) is 0 Å². The van der Waals surface area contributed by atoms with Gasteiger partial charge in [0.15, 0.2) is 5.82 Å². The number of fused-ring (bicyclic) bond motifs is 5. The fourth-order valence-electron chi connectivity index (χ4n) is 6.78. The van der Waals surface area contributed by atoms with Crippen LogP contribution in [0.5, 0.6) is 0 Å². The van der Waals surface area contributed by atoms with Crippen molar-refractivity contribution in [2.75, 3.05) is 7.11 Å². The first-order valence-corrected chi connectivity index (χ1v) is 14.3. The Hall–Kier alpha value is -3.59. The molecule has 4 unspecified atom stereocenters. The zero-order chi connectivity index (χ0) is 30.8. The molecule has 4 atom stereocenters. The maximum atomic E-state index is 16.5. The van der Waals surface area contributed by atoms with E-state index in [9.17, 15) is 23.2 Å². The van der Waals surface area contributed by atoms with E-state index in [0.29, 0.717) is 45.2 Å². The molecule has 0 spiro atoms. The molecule has 0 radical (unpaired) electrons. The third-order valence-electron chi connectivity index (χ3n) is 8.44. The number of nitrogens with zero attached hydrogens (tertiary/aromatic N) is 3. The Morgan fingerprint density at radius 3 is 2.70 bits per heavy atom. The highest BCUT2D eigenvalue weighted by Crippen LogP contribution is 2.53. The number of carbonyl (C=O) groups is 1. The average molecular weight is 635 g/mol. The molecule has 224 valence electrons. The van der Waals surface area contributed by atoms with Crippen molar-refractivity contribution >= 4 is 51.1 Å². The predicted molar refractivity (Wildman–Crippen MR) is 152 cm³/mol. The minimum atomic E-state index is -4.83. The molecule has 2 aliphatic rings. The zero-order valence-electron chi connectivity index (χ0n) is 22.9. The SMILES string of the molecule is COC(=O)N1C2CC(OC(F)(F)F)C(C2)C1c1cc2c(C)nc3c(F)c(-c4cccc(Cl)c4Cl)c(CCC#N)cc3c2[nH]1. The predicted octanol–water partition coefficient (Wildman–Crippen LogP) is 8.40. The van der Waals surface area contributed by atoms with Gasteiger partial charge in [0, 0.05) is 51.7 Å². The molecule has 6 rings (SSSR count). The van der Waals surface area contributed by atoms with Crippen molar-refractivity contribution in [1.82, 2.24) is 14.9 Å². The number of hydrogen-bond donors (Lipinski definition) is 1. The molecule has 13 heteroatoms. The number of benzene rings is 2. The van der Waals surface area contributed by atoms with Crippen LogP contribution in [-0.2, 0) is 15.9 Å². The Labute approximate surface area is 253 Å². The number of nitrogens with one attached hydrogen (secondary N) is 1. The summed E-state index contributed by atoms with van der Waals surface area (Å²) >= 11 is 12.7. The van der Waals surface area contributed by atoms with Gasteiger partial charge in [-0.25, -0.2) is 14.2 Å². The van der Waals surface area contributed by atoms with Gasteiger partial charge >= 0.3 is 12.5 Å². The monoisotopic (exact) mass is 634 g/mol. The van der Waals surface area contributed by atoms with Crippen molar-refractivity contribution in [2.24, 2.45) is 5.92 Å². The zero-order valence-corrected chi connectivity index (χ0v) is 24.4. The first-order chi connectivity index (χ1) is 20.4. The lowest BCUT2D eigenvalue weighted by Gasteiger charge is -2.37. The fraction of sp³-hybridized carbons (Fsp3) is 0.367. The summed E-state index contributed by atoms with van der Waals surface area (Å²) in [6.07, 6.45) is -5.97. The van der Waals surface area contributed by atoms with E-state index in [4.69, 9.17) is 27.9 Å². The molecular weight excluding hydrogens is 611 g/mol. The summed E-state index contributed by atoms with van der Waals surface area (Å²) in [4.78, 5) is 22.1. The third kappa shape index (κ3) is 4.95. The van der Waals surface area contributed by atoms with Crippen molar-refractivity contribution in [2.45, 2.75) is 57.2 Å². The number of methoxy groups -OCH3 is 1. The van der Waals surface area contributed by atoms with Crippen molar-refractivity contribution in [3.05, 3.63) is 63.1 Å². The summed E-state index contributed by atoms with van der Waals surface area (Å²) in [5.74, 6) is -1.30. The summed E-state index contributed by atoms with van der Waals surface area (Å²) in [7, 11) is 1.22. The molecule has 43 heavy (non-hydrogen) atoms. The number of alkyl halides is 3. The molecule has 1 aliphatic heterocycles. The highest BCUT2D eigenvalue weighted by atomic mass is 35.5. The van der Waals surface area contributed by atoms with Crippen molar-refractivity contribution in [1.29, 1.82) is 5.26 Å². The minimum Gasteiger partial charge on any atom is -0.453 e. The summed E-state index contributed by atoms with van der Waals surface area (Å²) in [6, 6.07) is 9.14. The molecule has 2 aromatic heterocycles. The average Bonchev–Trinajstić information content (AvgIpc) is 3.66.